The predicted octanol–water partition coefficient (Wildman–Crippen LogP) is 4.33. The highest BCUT2D eigenvalue weighted by atomic mass is 35.5. The second-order valence-corrected chi connectivity index (χ2v) is 11.8. The molecule has 0 unspecified atom stereocenters. The Morgan fingerprint density at radius 2 is 1.93 bits per heavy atom. The number of hydrogen-bond donors (Lipinski definition) is 2. The number of fused-ring (bicyclic) bond motifs is 1. The van der Waals surface area contributed by atoms with Crippen molar-refractivity contribution in [3.63, 3.8) is 0 Å². The number of halogens is 1. The van der Waals surface area contributed by atoms with Gasteiger partial charge in [-0.05, 0) is 42.5 Å². The number of carbonyl (C=O) groups is 3. The monoisotopic (exact) mass is 563 g/mol. The third-order valence-corrected chi connectivity index (χ3v) is 9.37. The molecule has 3 aliphatic heterocycles. The number of hydrogen-bond acceptors (Lipinski definition) is 5. The average Bonchev–Trinajstić information content (AvgIpc) is 3.59. The summed E-state index contributed by atoms with van der Waals surface area (Å²) in [6.45, 7) is 2.30. The lowest BCUT2D eigenvalue weighted by Gasteiger charge is -2.36. The van der Waals surface area contributed by atoms with Crippen molar-refractivity contribution in [3.05, 3.63) is 71.3 Å². The van der Waals surface area contributed by atoms with Crippen LogP contribution >= 0.6 is 11.6 Å². The van der Waals surface area contributed by atoms with Gasteiger partial charge in [-0.25, -0.2) is 0 Å². The van der Waals surface area contributed by atoms with Crippen molar-refractivity contribution >= 4 is 35.0 Å². The predicted molar refractivity (Wildman–Crippen MR) is 151 cm³/mol. The van der Waals surface area contributed by atoms with E-state index >= 15 is 0 Å². The van der Waals surface area contributed by atoms with Crippen LogP contribution in [0.25, 0.3) is 0 Å². The quantitative estimate of drug-likeness (QED) is 0.489. The fraction of sp³-hybridized carbons (Fsp3) is 0.452. The largest absolute Gasteiger partial charge is 0.497 e. The van der Waals surface area contributed by atoms with E-state index in [9.17, 15) is 14.4 Å². The minimum Gasteiger partial charge on any atom is -0.497 e. The molecule has 6 rings (SSSR count). The number of methoxy groups -OCH3 is 1. The molecule has 2 aromatic carbocycles. The molecule has 3 fully saturated rings. The Balaban J connectivity index is 1.33. The molecular weight excluding hydrogens is 530 g/mol. The van der Waals surface area contributed by atoms with Gasteiger partial charge in [-0.2, -0.15) is 0 Å². The van der Waals surface area contributed by atoms with E-state index in [1.54, 1.807) is 42.3 Å². The van der Waals surface area contributed by atoms with Gasteiger partial charge in [0.2, 0.25) is 17.7 Å². The molecule has 3 amide bonds. The van der Waals surface area contributed by atoms with Crippen LogP contribution in [-0.4, -0.2) is 53.5 Å². The van der Waals surface area contributed by atoms with Crippen LogP contribution in [0.5, 0.6) is 5.75 Å². The van der Waals surface area contributed by atoms with Crippen LogP contribution in [0.2, 0.25) is 5.02 Å². The van der Waals surface area contributed by atoms with Crippen molar-refractivity contribution in [2.45, 2.75) is 62.9 Å². The number of ether oxygens (including phenoxy) is 2. The van der Waals surface area contributed by atoms with Crippen molar-refractivity contribution in [2.24, 2.45) is 17.8 Å². The fourth-order valence-corrected chi connectivity index (χ4v) is 7.16. The lowest BCUT2D eigenvalue weighted by Crippen LogP contribution is -2.57. The SMILES string of the molecule is COc1cccc(NC(=O)[C@@H]2[C@@H]3C=C[C@]4(O3)[C@@H]2C(=O)N(Cc2ccccc2Cl)[C@H]4C(=O)N[C@H]2CCCC[C@@H]2C)c1. The Labute approximate surface area is 239 Å². The van der Waals surface area contributed by atoms with E-state index in [0.717, 1.165) is 31.2 Å². The molecule has 3 heterocycles. The maximum atomic E-state index is 14.2. The molecule has 4 aliphatic rings. The van der Waals surface area contributed by atoms with Gasteiger partial charge in [0, 0.05) is 29.4 Å². The summed E-state index contributed by atoms with van der Waals surface area (Å²) in [6, 6.07) is 13.5. The van der Waals surface area contributed by atoms with Crippen molar-refractivity contribution < 1.29 is 23.9 Å². The highest BCUT2D eigenvalue weighted by Crippen LogP contribution is 2.55. The molecule has 0 aromatic heterocycles. The van der Waals surface area contributed by atoms with E-state index in [2.05, 4.69) is 17.6 Å². The zero-order chi connectivity index (χ0) is 28.0. The van der Waals surface area contributed by atoms with Crippen molar-refractivity contribution in [1.29, 1.82) is 0 Å². The number of anilines is 1. The summed E-state index contributed by atoms with van der Waals surface area (Å²) in [4.78, 5) is 43.6. The van der Waals surface area contributed by atoms with Gasteiger partial charge in [0.25, 0.3) is 0 Å². The summed E-state index contributed by atoms with van der Waals surface area (Å²) in [5.41, 5.74) is 0.0548. The first-order valence-electron chi connectivity index (χ1n) is 14.0. The lowest BCUT2D eigenvalue weighted by molar-refractivity contribution is -0.142. The van der Waals surface area contributed by atoms with Gasteiger partial charge >= 0.3 is 0 Å². The molecule has 2 bridgehead atoms. The Morgan fingerprint density at radius 1 is 1.12 bits per heavy atom. The normalized spacial score (nSPS) is 32.2. The number of carbonyl (C=O) groups excluding carboxylic acids is 3. The van der Waals surface area contributed by atoms with Crippen LogP contribution in [-0.2, 0) is 25.7 Å². The molecule has 210 valence electrons. The molecule has 1 aliphatic carbocycles. The number of nitrogens with zero attached hydrogens (tertiary/aromatic N) is 1. The highest BCUT2D eigenvalue weighted by Gasteiger charge is 2.72. The highest BCUT2D eigenvalue weighted by molar-refractivity contribution is 6.31. The van der Waals surface area contributed by atoms with E-state index in [-0.39, 0.29) is 30.3 Å². The molecule has 2 N–H and O–H groups in total. The smallest absolute Gasteiger partial charge is 0.246 e. The Morgan fingerprint density at radius 3 is 2.70 bits per heavy atom. The summed E-state index contributed by atoms with van der Waals surface area (Å²) in [5.74, 6) is -1.54. The second-order valence-electron chi connectivity index (χ2n) is 11.4. The van der Waals surface area contributed by atoms with Crippen LogP contribution in [0.3, 0.4) is 0 Å². The van der Waals surface area contributed by atoms with E-state index in [0.29, 0.717) is 22.4 Å². The number of benzene rings is 2. The molecule has 2 saturated heterocycles. The molecular formula is C31H34ClN3O5. The minimum atomic E-state index is -1.23. The third-order valence-electron chi connectivity index (χ3n) is 9.00. The van der Waals surface area contributed by atoms with Crippen molar-refractivity contribution in [2.75, 3.05) is 12.4 Å². The van der Waals surface area contributed by atoms with Gasteiger partial charge in [0.1, 0.15) is 17.4 Å². The molecule has 2 aromatic rings. The van der Waals surface area contributed by atoms with E-state index in [4.69, 9.17) is 21.1 Å². The van der Waals surface area contributed by atoms with E-state index < -0.39 is 29.6 Å². The van der Waals surface area contributed by atoms with Crippen LogP contribution in [0.1, 0.15) is 38.2 Å². The van der Waals surface area contributed by atoms with Crippen molar-refractivity contribution in [1.82, 2.24) is 10.2 Å². The summed E-state index contributed by atoms with van der Waals surface area (Å²) in [6.07, 6.45) is 7.21. The maximum Gasteiger partial charge on any atom is 0.246 e. The van der Waals surface area contributed by atoms with Crippen LogP contribution < -0.4 is 15.4 Å². The Hall–Kier alpha value is -3.36. The molecule has 7 atom stereocenters. The maximum absolute atomic E-state index is 14.2. The zero-order valence-electron chi connectivity index (χ0n) is 22.6. The number of amides is 3. The molecule has 9 heteroatoms. The molecule has 1 spiro atoms. The summed E-state index contributed by atoms with van der Waals surface area (Å²) in [5, 5.41) is 6.70. The fourth-order valence-electron chi connectivity index (χ4n) is 6.97. The van der Waals surface area contributed by atoms with Gasteiger partial charge in [0.05, 0.1) is 25.0 Å². The number of nitrogens with one attached hydrogen (secondary N) is 2. The number of rotatable bonds is 7. The van der Waals surface area contributed by atoms with E-state index in [1.807, 2.05) is 30.4 Å². The standard InChI is InChI=1S/C31H34ClN3O5/c1-18-8-3-6-13-23(18)34-29(37)27-31-15-14-24(40-31)25(28(36)33-20-10-7-11-21(16-20)39-2)26(31)30(38)35(27)17-19-9-4-5-12-22(19)32/h4-5,7,9-12,14-16,18,23-27H,3,6,8,13,17H2,1-2H3,(H,33,36)(H,34,37)/t18-,23-,24-,25+,26-,27-,31-/m0/s1. The number of likely N-dealkylation sites (tertiary alicyclic amines) is 1. The van der Waals surface area contributed by atoms with E-state index in [1.165, 1.54) is 0 Å². The zero-order valence-corrected chi connectivity index (χ0v) is 23.4. The summed E-state index contributed by atoms with van der Waals surface area (Å²) < 4.78 is 11.7. The molecule has 8 nitrogen and oxygen atoms in total. The minimum absolute atomic E-state index is 0.0312. The Kier molecular flexibility index (Phi) is 7.09. The topological polar surface area (TPSA) is 97.0 Å². The summed E-state index contributed by atoms with van der Waals surface area (Å²) in [7, 11) is 1.56. The lowest BCUT2D eigenvalue weighted by atomic mass is 9.74. The van der Waals surface area contributed by atoms with Crippen LogP contribution in [0.15, 0.2) is 60.7 Å². The summed E-state index contributed by atoms with van der Waals surface area (Å²) >= 11 is 6.49. The third kappa shape index (κ3) is 4.47. The van der Waals surface area contributed by atoms with Gasteiger partial charge in [-0.1, -0.05) is 67.8 Å². The second kappa shape index (κ2) is 10.6. The molecule has 1 saturated carbocycles. The van der Waals surface area contributed by atoms with Crippen LogP contribution in [0.4, 0.5) is 5.69 Å². The van der Waals surface area contributed by atoms with Crippen LogP contribution in [0, 0.1) is 17.8 Å². The Bertz CT molecular complexity index is 1360. The van der Waals surface area contributed by atoms with Crippen molar-refractivity contribution in [3.8, 4) is 5.75 Å². The van der Waals surface area contributed by atoms with Gasteiger partial charge in [-0.15, -0.1) is 0 Å². The van der Waals surface area contributed by atoms with Gasteiger partial charge in [-0.3, -0.25) is 14.4 Å². The first-order chi connectivity index (χ1) is 19.3. The average molecular weight is 564 g/mol. The molecule has 0 radical (unpaired) electrons. The first kappa shape index (κ1) is 26.8. The molecule has 40 heavy (non-hydrogen) atoms. The van der Waals surface area contributed by atoms with Gasteiger partial charge < -0.3 is 25.0 Å². The van der Waals surface area contributed by atoms with Gasteiger partial charge in [0.15, 0.2) is 0 Å². The first-order valence-corrected chi connectivity index (χ1v) is 14.4.